The minimum absolute atomic E-state index is 0.170. The van der Waals surface area contributed by atoms with E-state index in [0.29, 0.717) is 6.42 Å². The number of ether oxygens (including phenoxy) is 2. The van der Waals surface area contributed by atoms with Crippen LogP contribution >= 0.6 is 0 Å². The second-order valence-electron chi connectivity index (χ2n) is 23.3. The molecule has 9 heteroatoms. The Bertz CT molecular complexity index is 1230. The van der Waals surface area contributed by atoms with Crippen LogP contribution in [-0.4, -0.2) is 87.5 Å². The molecule has 1 rings (SSSR count). The maximum absolute atomic E-state index is 13.1. The van der Waals surface area contributed by atoms with Crippen LogP contribution in [0.4, 0.5) is 0 Å². The Morgan fingerprint density at radius 2 is 0.747 bits per heavy atom. The molecule has 0 aromatic rings. The largest absolute Gasteiger partial charge is 0.394 e. The molecule has 7 atom stereocenters. The summed E-state index contributed by atoms with van der Waals surface area (Å²) in [5.74, 6) is -0.170. The Morgan fingerprint density at radius 3 is 1.08 bits per heavy atom. The molecule has 444 valence electrons. The van der Waals surface area contributed by atoms with Gasteiger partial charge in [0, 0.05) is 6.42 Å². The van der Waals surface area contributed by atoms with Crippen LogP contribution in [0.5, 0.6) is 0 Å². The first-order chi connectivity index (χ1) is 36.8. The van der Waals surface area contributed by atoms with E-state index < -0.39 is 49.5 Å². The Balaban J connectivity index is 2.11. The molecule has 1 aliphatic rings. The van der Waals surface area contributed by atoms with Crippen molar-refractivity contribution in [2.45, 2.75) is 378 Å². The molecule has 0 aliphatic carbocycles. The van der Waals surface area contributed by atoms with Gasteiger partial charge in [-0.25, -0.2) is 0 Å². The number of carbonyl (C=O) groups excluding carboxylic acids is 1. The average molecular weight is 1060 g/mol. The number of hydrogen-bond acceptors (Lipinski definition) is 8. The summed E-state index contributed by atoms with van der Waals surface area (Å²) in [6, 6.07) is -0.803. The molecule has 75 heavy (non-hydrogen) atoms. The summed E-state index contributed by atoms with van der Waals surface area (Å²) in [5, 5.41) is 54.6. The van der Waals surface area contributed by atoms with Gasteiger partial charge in [-0.3, -0.25) is 4.79 Å². The summed E-state index contributed by atoms with van der Waals surface area (Å²) in [6.45, 7) is 3.83. The van der Waals surface area contributed by atoms with Crippen LogP contribution in [0.3, 0.4) is 0 Å². The number of unbranched alkanes of at least 4 members (excludes halogenated alkanes) is 46. The summed E-state index contributed by atoms with van der Waals surface area (Å²) in [5.41, 5.74) is 0. The first kappa shape index (κ1) is 71.7. The second-order valence-corrected chi connectivity index (χ2v) is 23.3. The molecule has 1 fully saturated rings. The van der Waals surface area contributed by atoms with Crippen molar-refractivity contribution in [2.75, 3.05) is 13.2 Å². The van der Waals surface area contributed by atoms with Gasteiger partial charge in [0.2, 0.25) is 5.91 Å². The number of rotatable bonds is 58. The number of carbonyl (C=O) groups is 1. The van der Waals surface area contributed by atoms with Crippen LogP contribution in [0.25, 0.3) is 0 Å². The molecule has 0 radical (unpaired) electrons. The zero-order chi connectivity index (χ0) is 54.3. The summed E-state index contributed by atoms with van der Waals surface area (Å²) in [4.78, 5) is 13.1. The van der Waals surface area contributed by atoms with E-state index in [1.54, 1.807) is 6.08 Å². The summed E-state index contributed by atoms with van der Waals surface area (Å²) in [7, 11) is 0. The number of allylic oxidation sites excluding steroid dienone is 3. The Hall–Kier alpha value is -1.33. The molecular formula is C66H127NO8. The Kier molecular flexibility index (Phi) is 53.5. The summed E-state index contributed by atoms with van der Waals surface area (Å²) >= 11 is 0. The van der Waals surface area contributed by atoms with Gasteiger partial charge in [-0.2, -0.15) is 0 Å². The molecule has 1 saturated heterocycles. The quantitative estimate of drug-likeness (QED) is 0.0261. The van der Waals surface area contributed by atoms with Crippen molar-refractivity contribution >= 4 is 5.91 Å². The van der Waals surface area contributed by atoms with Crippen LogP contribution in [0.1, 0.15) is 335 Å². The van der Waals surface area contributed by atoms with Gasteiger partial charge in [0.05, 0.1) is 25.4 Å². The van der Waals surface area contributed by atoms with Gasteiger partial charge < -0.3 is 40.3 Å². The van der Waals surface area contributed by atoms with Crippen molar-refractivity contribution in [1.82, 2.24) is 5.32 Å². The van der Waals surface area contributed by atoms with Crippen LogP contribution < -0.4 is 5.32 Å². The van der Waals surface area contributed by atoms with Gasteiger partial charge in [0.25, 0.3) is 0 Å². The van der Waals surface area contributed by atoms with E-state index in [-0.39, 0.29) is 12.5 Å². The number of amides is 1. The van der Waals surface area contributed by atoms with Gasteiger partial charge in [0.1, 0.15) is 24.4 Å². The van der Waals surface area contributed by atoms with Crippen LogP contribution in [-0.2, 0) is 14.3 Å². The Labute approximate surface area is 464 Å². The minimum atomic E-state index is -1.57. The average Bonchev–Trinajstić information content (AvgIpc) is 3.41. The van der Waals surface area contributed by atoms with Crippen molar-refractivity contribution in [1.29, 1.82) is 0 Å². The molecule has 0 aromatic carbocycles. The fourth-order valence-corrected chi connectivity index (χ4v) is 10.8. The highest BCUT2D eigenvalue weighted by Gasteiger charge is 2.44. The van der Waals surface area contributed by atoms with Gasteiger partial charge >= 0.3 is 0 Å². The molecule has 7 unspecified atom stereocenters. The zero-order valence-electron chi connectivity index (χ0n) is 49.6. The molecule has 0 bridgehead atoms. The lowest BCUT2D eigenvalue weighted by molar-refractivity contribution is -0.302. The number of nitrogens with one attached hydrogen (secondary N) is 1. The van der Waals surface area contributed by atoms with Crippen LogP contribution in [0.15, 0.2) is 24.3 Å². The monoisotopic (exact) mass is 1060 g/mol. The van der Waals surface area contributed by atoms with E-state index in [9.17, 15) is 30.3 Å². The lowest BCUT2D eigenvalue weighted by Crippen LogP contribution is -2.60. The smallest absolute Gasteiger partial charge is 0.220 e. The normalized spacial score (nSPS) is 18.9. The van der Waals surface area contributed by atoms with E-state index in [0.717, 1.165) is 38.5 Å². The molecule has 1 aliphatic heterocycles. The Morgan fingerprint density at radius 1 is 0.440 bits per heavy atom. The maximum atomic E-state index is 13.1. The van der Waals surface area contributed by atoms with E-state index >= 15 is 0 Å². The fraction of sp³-hybridized carbons (Fsp3) is 0.924. The van der Waals surface area contributed by atoms with Gasteiger partial charge in [-0.1, -0.05) is 308 Å². The molecular weight excluding hydrogens is 935 g/mol. The van der Waals surface area contributed by atoms with E-state index in [2.05, 4.69) is 31.3 Å². The lowest BCUT2D eigenvalue weighted by Gasteiger charge is -2.40. The molecule has 0 spiro atoms. The molecule has 9 nitrogen and oxygen atoms in total. The van der Waals surface area contributed by atoms with Crippen LogP contribution in [0.2, 0.25) is 0 Å². The maximum Gasteiger partial charge on any atom is 0.220 e. The minimum Gasteiger partial charge on any atom is -0.394 e. The van der Waals surface area contributed by atoms with E-state index in [1.165, 1.54) is 276 Å². The lowest BCUT2D eigenvalue weighted by atomic mass is 9.99. The number of aliphatic hydroxyl groups is 5. The van der Waals surface area contributed by atoms with Crippen molar-refractivity contribution in [2.24, 2.45) is 0 Å². The van der Waals surface area contributed by atoms with Crippen molar-refractivity contribution in [3.63, 3.8) is 0 Å². The van der Waals surface area contributed by atoms with E-state index in [1.807, 2.05) is 6.08 Å². The number of hydrogen-bond donors (Lipinski definition) is 6. The third-order valence-corrected chi connectivity index (χ3v) is 16.0. The highest BCUT2D eigenvalue weighted by atomic mass is 16.7. The third kappa shape index (κ3) is 45.1. The van der Waals surface area contributed by atoms with Gasteiger partial charge in [-0.05, 0) is 44.9 Å². The highest BCUT2D eigenvalue weighted by molar-refractivity contribution is 5.76. The fourth-order valence-electron chi connectivity index (χ4n) is 10.8. The zero-order valence-corrected chi connectivity index (χ0v) is 49.6. The van der Waals surface area contributed by atoms with Crippen molar-refractivity contribution in [3.8, 4) is 0 Å². The summed E-state index contributed by atoms with van der Waals surface area (Å²) in [6.07, 6.45) is 65.6. The first-order valence-electron chi connectivity index (χ1n) is 33.1. The SMILES string of the molecule is CCCCCCCCCCCCCC/C=C\CCCCCCCCCCCCCCCCCCCC(=O)NC(COC1OC(CO)C(O)C(O)C1O)C(O)/C=C/CCCCCCCCCCCCCCCCCCC. The van der Waals surface area contributed by atoms with Gasteiger partial charge in [-0.15, -0.1) is 0 Å². The molecule has 6 N–H and O–H groups in total. The highest BCUT2D eigenvalue weighted by Crippen LogP contribution is 2.23. The van der Waals surface area contributed by atoms with Crippen molar-refractivity contribution in [3.05, 3.63) is 24.3 Å². The molecule has 0 aromatic heterocycles. The first-order valence-corrected chi connectivity index (χ1v) is 33.1. The predicted molar refractivity (Wildman–Crippen MR) is 318 cm³/mol. The number of aliphatic hydroxyl groups excluding tert-OH is 5. The molecule has 1 heterocycles. The predicted octanol–water partition coefficient (Wildman–Crippen LogP) is 17.3. The second kappa shape index (κ2) is 56.0. The van der Waals surface area contributed by atoms with Gasteiger partial charge in [0.15, 0.2) is 6.29 Å². The molecule has 0 saturated carbocycles. The molecule has 1 amide bonds. The van der Waals surface area contributed by atoms with Crippen LogP contribution in [0, 0.1) is 0 Å². The summed E-state index contributed by atoms with van der Waals surface area (Å²) < 4.78 is 11.3. The van der Waals surface area contributed by atoms with E-state index in [4.69, 9.17) is 9.47 Å². The topological polar surface area (TPSA) is 149 Å². The third-order valence-electron chi connectivity index (χ3n) is 16.0. The standard InChI is InChI=1S/C66H127NO8/c1-3-5-7-9-11-13-15-17-19-21-23-24-25-26-27-28-29-30-31-32-33-34-35-36-38-40-42-44-46-48-50-52-54-56-62(70)67-59(58-74-66-65(73)64(72)63(71)61(57-68)75-66)60(69)55-53-51-49-47-45-43-41-39-37-22-20-18-16-14-12-10-8-6-4-2/h26-27,53,55,59-61,63-66,68-69,71-73H,3-25,28-52,54,56-58H2,1-2H3,(H,67,70)/b27-26-,55-53+. The van der Waals surface area contributed by atoms with Crippen molar-refractivity contribution < 1.29 is 39.8 Å².